The predicted octanol–water partition coefficient (Wildman–Crippen LogP) is -0.310. The van der Waals surface area contributed by atoms with Gasteiger partial charge in [0.1, 0.15) is 11.5 Å². The first kappa shape index (κ1) is 16.1. The van der Waals surface area contributed by atoms with Crippen LogP contribution in [0.4, 0.5) is 0 Å². The molecule has 2 aliphatic heterocycles. The van der Waals surface area contributed by atoms with Crippen molar-refractivity contribution in [2.45, 2.75) is 11.0 Å². The molecule has 1 saturated heterocycles. The van der Waals surface area contributed by atoms with Gasteiger partial charge in [0.15, 0.2) is 10.8 Å². The zero-order valence-electron chi connectivity index (χ0n) is 13.8. The van der Waals surface area contributed by atoms with E-state index in [1.54, 1.807) is 32.4 Å². The fourth-order valence-corrected chi connectivity index (χ4v) is 5.70. The van der Waals surface area contributed by atoms with Crippen LogP contribution in [-0.2, 0) is 4.74 Å². The quantitative estimate of drug-likeness (QED) is 0.762. The topological polar surface area (TPSA) is 115 Å². The van der Waals surface area contributed by atoms with E-state index in [1.807, 2.05) is 0 Å². The van der Waals surface area contributed by atoms with Gasteiger partial charge in [-0.15, -0.1) is 0 Å². The Labute approximate surface area is 149 Å². The Morgan fingerprint density at radius 3 is 2.68 bits per heavy atom. The van der Waals surface area contributed by atoms with Crippen LogP contribution in [-0.4, -0.2) is 37.5 Å². The zero-order valence-corrected chi connectivity index (χ0v) is 14.6. The van der Waals surface area contributed by atoms with Crippen LogP contribution in [0, 0.1) is 33.5 Å². The molecule has 128 valence electrons. The first-order valence-corrected chi connectivity index (χ1v) is 8.79. The lowest BCUT2D eigenvalue weighted by molar-refractivity contribution is -0.583. The van der Waals surface area contributed by atoms with E-state index in [-0.39, 0.29) is 5.84 Å². The number of amidine groups is 1. The second-order valence-corrected chi connectivity index (χ2v) is 7.50. The van der Waals surface area contributed by atoms with Crippen molar-refractivity contribution in [3.8, 4) is 23.6 Å². The van der Waals surface area contributed by atoms with E-state index in [0.29, 0.717) is 18.1 Å². The number of ether oxygens (including phenoxy) is 3. The van der Waals surface area contributed by atoms with Crippen molar-refractivity contribution in [2.75, 3.05) is 26.6 Å². The second-order valence-electron chi connectivity index (χ2n) is 6.23. The molecule has 3 N–H and O–H groups in total. The average molecular weight is 357 g/mol. The highest BCUT2D eigenvalue weighted by Crippen LogP contribution is 2.81. The number of hydrogen-bond donors (Lipinski definition) is 2. The maximum Gasteiger partial charge on any atom is 0.277 e. The largest absolute Gasteiger partial charge is 0.497 e. The monoisotopic (exact) mass is 357 g/mol. The molecule has 4 atom stereocenters. The van der Waals surface area contributed by atoms with Gasteiger partial charge in [-0.05, 0) is 18.2 Å². The minimum absolute atomic E-state index is 0.279. The van der Waals surface area contributed by atoms with Gasteiger partial charge < -0.3 is 14.2 Å². The summed E-state index contributed by atoms with van der Waals surface area (Å²) in [5, 5.41) is 19.2. The SMILES string of the molecule is COc1ccc(OC)c([C@@H]2[C@@]3(C#N)[C@@]4([NH+]=C(N)[C@@]23C#N)OCCS4)c1. The smallest absolute Gasteiger partial charge is 0.277 e. The molecule has 4 rings (SSSR count). The first-order chi connectivity index (χ1) is 12.1. The van der Waals surface area contributed by atoms with E-state index in [9.17, 15) is 10.5 Å². The average Bonchev–Trinajstić information content (AvgIpc) is 2.88. The van der Waals surface area contributed by atoms with Crippen molar-refractivity contribution in [3.63, 3.8) is 0 Å². The summed E-state index contributed by atoms with van der Waals surface area (Å²) in [5.74, 6) is 1.76. The molecule has 7 nitrogen and oxygen atoms in total. The second kappa shape index (κ2) is 5.04. The van der Waals surface area contributed by atoms with Crippen molar-refractivity contribution >= 4 is 17.6 Å². The maximum atomic E-state index is 10.2. The fourth-order valence-electron chi connectivity index (χ4n) is 4.35. The molecule has 1 aliphatic carbocycles. The van der Waals surface area contributed by atoms with Crippen LogP contribution in [0.5, 0.6) is 11.5 Å². The van der Waals surface area contributed by atoms with Gasteiger partial charge >= 0.3 is 0 Å². The number of nitriles is 2. The van der Waals surface area contributed by atoms with Gasteiger partial charge in [-0.2, -0.15) is 10.5 Å². The molecule has 1 aromatic carbocycles. The van der Waals surface area contributed by atoms with Crippen LogP contribution in [0.1, 0.15) is 11.5 Å². The summed E-state index contributed by atoms with van der Waals surface area (Å²) in [6.07, 6.45) is 0. The number of methoxy groups -OCH3 is 2. The number of hydrogen-bond acceptors (Lipinski definition) is 7. The van der Waals surface area contributed by atoms with Crippen LogP contribution in [0.15, 0.2) is 18.2 Å². The molecule has 25 heavy (non-hydrogen) atoms. The van der Waals surface area contributed by atoms with Crippen molar-refractivity contribution in [3.05, 3.63) is 23.8 Å². The molecule has 0 amide bonds. The van der Waals surface area contributed by atoms with Crippen LogP contribution in [0.25, 0.3) is 0 Å². The molecular weight excluding hydrogens is 340 g/mol. The summed E-state index contributed by atoms with van der Waals surface area (Å²) >= 11 is 1.49. The van der Waals surface area contributed by atoms with Gasteiger partial charge in [0.2, 0.25) is 0 Å². The van der Waals surface area contributed by atoms with E-state index in [1.165, 1.54) is 11.8 Å². The van der Waals surface area contributed by atoms with Crippen LogP contribution >= 0.6 is 11.8 Å². The molecule has 1 saturated carbocycles. The molecule has 0 aromatic heterocycles. The Balaban J connectivity index is 1.95. The summed E-state index contributed by atoms with van der Waals surface area (Å²) in [6, 6.07) is 10.0. The molecular formula is C17H17N4O3S+. The van der Waals surface area contributed by atoms with E-state index in [0.717, 1.165) is 11.3 Å². The lowest BCUT2D eigenvalue weighted by Gasteiger charge is -2.24. The number of fused-ring (bicyclic) bond motifs is 2. The molecule has 2 heterocycles. The van der Waals surface area contributed by atoms with Crippen LogP contribution in [0.2, 0.25) is 0 Å². The summed E-state index contributed by atoms with van der Waals surface area (Å²) in [5.41, 5.74) is 4.67. The predicted molar refractivity (Wildman–Crippen MR) is 89.7 cm³/mol. The maximum absolute atomic E-state index is 10.2. The van der Waals surface area contributed by atoms with Crippen molar-refractivity contribution in [1.82, 2.24) is 0 Å². The van der Waals surface area contributed by atoms with E-state index >= 15 is 0 Å². The standard InChI is InChI=1S/C17H16N4O3S/c1-22-10-3-4-12(23-2)11(7-10)13-15(8-18)14(20)21-17(16(13,15)9-19)24-5-6-25-17/h3-4,7,13H,5-6H2,1-2H3,(H2,20,21)/p+1/t13-,15+,16+,17+/m0/s1. The molecule has 0 radical (unpaired) electrons. The van der Waals surface area contributed by atoms with Gasteiger partial charge in [-0.1, -0.05) is 11.8 Å². The molecule has 0 unspecified atom stereocenters. The number of rotatable bonds is 3. The number of thioether (sulfide) groups is 1. The van der Waals surface area contributed by atoms with E-state index < -0.39 is 21.8 Å². The Bertz CT molecular complexity index is 868. The van der Waals surface area contributed by atoms with Gasteiger partial charge in [-0.25, -0.2) is 4.99 Å². The van der Waals surface area contributed by atoms with Gasteiger partial charge in [0.25, 0.3) is 10.9 Å². The normalized spacial score (nSPS) is 37.8. The number of nitrogens with two attached hydrogens (primary N) is 1. The van der Waals surface area contributed by atoms with Crippen molar-refractivity contribution in [2.24, 2.45) is 16.6 Å². The third-order valence-electron chi connectivity index (χ3n) is 5.44. The highest BCUT2D eigenvalue weighted by Gasteiger charge is 2.96. The molecule has 2 fully saturated rings. The number of benzene rings is 1. The lowest BCUT2D eigenvalue weighted by Crippen LogP contribution is -2.88. The Hall–Kier alpha value is -2.42. The summed E-state index contributed by atoms with van der Waals surface area (Å²) < 4.78 is 16.7. The summed E-state index contributed by atoms with van der Waals surface area (Å²) in [6.45, 7) is 0.498. The minimum atomic E-state index is -1.17. The van der Waals surface area contributed by atoms with Gasteiger partial charge in [0, 0.05) is 17.2 Å². The van der Waals surface area contributed by atoms with Gasteiger partial charge in [-0.3, -0.25) is 5.73 Å². The summed E-state index contributed by atoms with van der Waals surface area (Å²) in [4.78, 5) is 3.10. The Morgan fingerprint density at radius 2 is 2.12 bits per heavy atom. The van der Waals surface area contributed by atoms with Crippen LogP contribution in [0.3, 0.4) is 0 Å². The number of nitrogens with one attached hydrogen (secondary N) is 1. The third-order valence-corrected chi connectivity index (χ3v) is 6.76. The Morgan fingerprint density at radius 1 is 1.32 bits per heavy atom. The first-order valence-electron chi connectivity index (χ1n) is 7.80. The Kier molecular flexibility index (Phi) is 3.24. The van der Waals surface area contributed by atoms with Gasteiger partial charge in [0.05, 0.1) is 33.0 Å². The fraction of sp³-hybridized carbons (Fsp3) is 0.471. The van der Waals surface area contributed by atoms with E-state index in [2.05, 4.69) is 17.1 Å². The number of nitrogens with zero attached hydrogens (tertiary/aromatic N) is 2. The van der Waals surface area contributed by atoms with E-state index in [4.69, 9.17) is 19.9 Å². The molecule has 0 bridgehead atoms. The van der Waals surface area contributed by atoms with Crippen LogP contribution < -0.4 is 20.2 Å². The minimum Gasteiger partial charge on any atom is -0.497 e. The summed E-state index contributed by atoms with van der Waals surface area (Å²) in [7, 11) is 3.13. The molecule has 1 aromatic rings. The third kappa shape index (κ3) is 1.57. The highest BCUT2D eigenvalue weighted by molar-refractivity contribution is 8.00. The van der Waals surface area contributed by atoms with Crippen molar-refractivity contribution in [1.29, 1.82) is 10.5 Å². The molecule has 3 aliphatic rings. The zero-order chi connectivity index (χ0) is 17.9. The molecule has 1 spiro atoms. The highest BCUT2D eigenvalue weighted by atomic mass is 32.2. The lowest BCUT2D eigenvalue weighted by atomic mass is 9.95. The molecule has 8 heteroatoms. The van der Waals surface area contributed by atoms with Crippen molar-refractivity contribution < 1.29 is 19.2 Å².